The zero-order valence-corrected chi connectivity index (χ0v) is 20.4. The van der Waals surface area contributed by atoms with Crippen LogP contribution in [0.15, 0.2) is 0 Å². The molecule has 3 atom stereocenters. The number of likely N-dealkylation sites (tertiary alicyclic amines) is 1. The molecule has 5 amide bonds. The smallest absolute Gasteiger partial charge is 0.328 e. The maximum Gasteiger partial charge on any atom is 0.328 e. The Morgan fingerprint density at radius 3 is 2.31 bits per heavy atom. The van der Waals surface area contributed by atoms with Crippen molar-refractivity contribution in [3.8, 4) is 0 Å². The number of carboxylic acids is 1. The first-order valence-corrected chi connectivity index (χ1v) is 11.4. The van der Waals surface area contributed by atoms with Gasteiger partial charge in [0.05, 0.1) is 18.6 Å². The lowest BCUT2D eigenvalue weighted by atomic mass is 9.82. The van der Waals surface area contributed by atoms with Gasteiger partial charge in [0.15, 0.2) is 11.3 Å². The molecular formula is C22H33N5O8. The van der Waals surface area contributed by atoms with Crippen molar-refractivity contribution in [3.05, 3.63) is 0 Å². The number of amides is 5. The normalized spacial score (nSPS) is 21.4. The van der Waals surface area contributed by atoms with E-state index in [-0.39, 0.29) is 5.92 Å². The number of carbonyl (C=O) groups excluding carboxylic acids is 6. The molecule has 0 aromatic rings. The van der Waals surface area contributed by atoms with Crippen molar-refractivity contribution in [1.82, 2.24) is 20.0 Å². The summed E-state index contributed by atoms with van der Waals surface area (Å²) in [6, 6.07) is -2.25. The zero-order valence-electron chi connectivity index (χ0n) is 20.4. The van der Waals surface area contributed by atoms with Crippen molar-refractivity contribution in [2.75, 3.05) is 26.2 Å². The average molecular weight is 496 g/mol. The van der Waals surface area contributed by atoms with E-state index in [0.717, 1.165) is 11.2 Å². The fourth-order valence-corrected chi connectivity index (χ4v) is 4.37. The van der Waals surface area contributed by atoms with E-state index in [1.54, 1.807) is 4.90 Å². The van der Waals surface area contributed by atoms with Gasteiger partial charge in [0.25, 0.3) is 11.8 Å². The Kier molecular flexibility index (Phi) is 8.84. The number of hydrogen-bond acceptors (Lipinski definition) is 9. The van der Waals surface area contributed by atoms with Crippen LogP contribution in [-0.4, -0.2) is 105 Å². The number of nitrogens with one attached hydrogen (secondary N) is 1. The summed E-state index contributed by atoms with van der Waals surface area (Å²) in [5.41, 5.74) is 3.94. The highest BCUT2D eigenvalue weighted by molar-refractivity contribution is 6.17. The van der Waals surface area contributed by atoms with Crippen LogP contribution in [0.2, 0.25) is 0 Å². The van der Waals surface area contributed by atoms with Crippen molar-refractivity contribution in [2.24, 2.45) is 17.6 Å². The van der Waals surface area contributed by atoms with Gasteiger partial charge >= 0.3 is 12.0 Å². The van der Waals surface area contributed by atoms with Crippen LogP contribution in [0.3, 0.4) is 0 Å². The van der Waals surface area contributed by atoms with E-state index < -0.39 is 78.7 Å². The van der Waals surface area contributed by atoms with Crippen molar-refractivity contribution in [2.45, 2.75) is 58.2 Å². The van der Waals surface area contributed by atoms with E-state index >= 15 is 0 Å². The van der Waals surface area contributed by atoms with Crippen LogP contribution in [0.25, 0.3) is 0 Å². The van der Waals surface area contributed by atoms with Gasteiger partial charge in [0.2, 0.25) is 5.91 Å². The number of aliphatic carboxylic acids is 1. The number of nitrogens with two attached hydrogens (primary N) is 1. The van der Waals surface area contributed by atoms with Gasteiger partial charge in [-0.15, -0.1) is 0 Å². The molecule has 0 bridgehead atoms. The number of Topliss-reactive ketones (excluding diaryl/α,β-unsaturated/α-hetero) is 1. The van der Waals surface area contributed by atoms with Crippen molar-refractivity contribution in [1.29, 1.82) is 0 Å². The Bertz CT molecular complexity index is 920. The van der Waals surface area contributed by atoms with Crippen molar-refractivity contribution < 1.29 is 38.7 Å². The van der Waals surface area contributed by atoms with E-state index in [1.165, 1.54) is 13.8 Å². The largest absolute Gasteiger partial charge is 0.480 e. The number of aldehydes is 1. The molecular weight excluding hydrogens is 462 g/mol. The topological polar surface area (TPSA) is 187 Å². The molecule has 0 saturated carbocycles. The summed E-state index contributed by atoms with van der Waals surface area (Å²) in [5, 5.41) is 11.1. The molecule has 0 aliphatic carbocycles. The van der Waals surface area contributed by atoms with Gasteiger partial charge in [0, 0.05) is 0 Å². The van der Waals surface area contributed by atoms with Gasteiger partial charge in [-0.05, 0) is 31.2 Å². The summed E-state index contributed by atoms with van der Waals surface area (Å²) in [6.07, 6.45) is 1.83. The highest BCUT2D eigenvalue weighted by Crippen LogP contribution is 2.24. The van der Waals surface area contributed by atoms with Crippen LogP contribution in [0.4, 0.5) is 4.79 Å². The lowest BCUT2D eigenvalue weighted by Gasteiger charge is -2.34. The maximum atomic E-state index is 13.1. The average Bonchev–Trinajstić information content (AvgIpc) is 3.33. The number of carboxylic acid groups (broad SMARTS) is 1. The molecule has 2 saturated heterocycles. The van der Waals surface area contributed by atoms with Crippen molar-refractivity contribution in [3.63, 3.8) is 0 Å². The lowest BCUT2D eigenvalue weighted by molar-refractivity contribution is -0.144. The summed E-state index contributed by atoms with van der Waals surface area (Å²) >= 11 is 0. The fraction of sp³-hybridized carbons (Fsp3) is 0.682. The molecule has 4 N–H and O–H groups in total. The summed E-state index contributed by atoms with van der Waals surface area (Å²) in [6.45, 7) is 5.06. The monoisotopic (exact) mass is 495 g/mol. The third kappa shape index (κ3) is 5.73. The van der Waals surface area contributed by atoms with Crippen LogP contribution < -0.4 is 11.1 Å². The van der Waals surface area contributed by atoms with E-state index in [9.17, 15) is 33.6 Å². The molecule has 194 valence electrons. The van der Waals surface area contributed by atoms with E-state index in [1.807, 2.05) is 13.8 Å². The minimum atomic E-state index is -2.25. The van der Waals surface area contributed by atoms with Crippen LogP contribution in [-0.2, 0) is 28.8 Å². The van der Waals surface area contributed by atoms with Gasteiger partial charge in [-0.2, -0.15) is 0 Å². The van der Waals surface area contributed by atoms with E-state index in [2.05, 4.69) is 5.32 Å². The Morgan fingerprint density at radius 2 is 1.80 bits per heavy atom. The van der Waals surface area contributed by atoms with E-state index in [0.29, 0.717) is 24.3 Å². The second-order valence-corrected chi connectivity index (χ2v) is 9.54. The van der Waals surface area contributed by atoms with Crippen LogP contribution in [0.5, 0.6) is 0 Å². The molecule has 13 heteroatoms. The number of urea groups is 1. The number of ketones is 1. The second kappa shape index (κ2) is 11.0. The number of carbonyl (C=O) groups is 7. The molecule has 2 aliphatic heterocycles. The second-order valence-electron chi connectivity index (χ2n) is 9.54. The summed E-state index contributed by atoms with van der Waals surface area (Å²) in [7, 11) is 0. The van der Waals surface area contributed by atoms with Gasteiger partial charge in [-0.1, -0.05) is 27.7 Å². The van der Waals surface area contributed by atoms with E-state index in [4.69, 9.17) is 10.8 Å². The fourth-order valence-electron chi connectivity index (χ4n) is 4.37. The molecule has 0 aromatic carbocycles. The number of imide groups is 2. The molecule has 0 aromatic heterocycles. The maximum absolute atomic E-state index is 13.1. The SMILES string of the molecule is CC(C)[C@@H](C=O)N1CCC[C@H]1C(=O)NC(=O)[C@](N)(C(=O)CN1C(=O)CN(CC(=O)O)C1=O)C(C)C. The molecule has 2 rings (SSSR count). The standard InChI is InChI=1S/C22H33N5O8/c1-12(2)15(11-28)26-7-5-6-14(26)19(33)24-20(34)22(23,13(3)4)16(29)8-27-17(30)9-25(21(27)35)10-18(31)32/h11-15H,5-10,23H2,1-4H3,(H,31,32)(H,24,33,34)/t14-,15+,22+/m0/s1. The van der Waals surface area contributed by atoms with Gasteiger partial charge in [-0.25, -0.2) is 4.79 Å². The number of hydrogen-bond donors (Lipinski definition) is 3. The molecule has 35 heavy (non-hydrogen) atoms. The summed E-state index contributed by atoms with van der Waals surface area (Å²) < 4.78 is 0. The van der Waals surface area contributed by atoms with Crippen LogP contribution >= 0.6 is 0 Å². The third-order valence-corrected chi connectivity index (χ3v) is 6.54. The molecule has 2 heterocycles. The molecule has 0 spiro atoms. The minimum Gasteiger partial charge on any atom is -0.480 e. The quantitative estimate of drug-likeness (QED) is 0.174. The highest BCUT2D eigenvalue weighted by atomic mass is 16.4. The third-order valence-electron chi connectivity index (χ3n) is 6.54. The first-order chi connectivity index (χ1) is 16.2. The Hall–Kier alpha value is -3.19. The Labute approximate surface area is 202 Å². The first-order valence-electron chi connectivity index (χ1n) is 11.4. The highest BCUT2D eigenvalue weighted by Gasteiger charge is 2.49. The molecule has 0 unspecified atom stereocenters. The molecule has 0 radical (unpaired) electrons. The first kappa shape index (κ1) is 28.1. The lowest BCUT2D eigenvalue weighted by Crippen LogP contribution is -2.67. The Morgan fingerprint density at radius 1 is 1.17 bits per heavy atom. The summed E-state index contributed by atoms with van der Waals surface area (Å²) in [4.78, 5) is 89.2. The minimum absolute atomic E-state index is 0.0568. The molecule has 2 aliphatic rings. The number of rotatable bonds is 11. The van der Waals surface area contributed by atoms with Gasteiger partial charge in [-0.3, -0.25) is 39.1 Å². The van der Waals surface area contributed by atoms with Gasteiger partial charge < -0.3 is 20.5 Å². The predicted octanol–water partition coefficient (Wildman–Crippen LogP) is -1.41. The van der Waals surface area contributed by atoms with Gasteiger partial charge in [0.1, 0.15) is 19.4 Å². The number of nitrogens with zero attached hydrogens (tertiary/aromatic N) is 3. The van der Waals surface area contributed by atoms with Crippen LogP contribution in [0.1, 0.15) is 40.5 Å². The Balaban J connectivity index is 2.17. The van der Waals surface area contributed by atoms with Crippen molar-refractivity contribution >= 4 is 41.8 Å². The molecule has 13 nitrogen and oxygen atoms in total. The molecule has 2 fully saturated rings. The zero-order chi connectivity index (χ0) is 26.7. The van der Waals surface area contributed by atoms with Crippen LogP contribution in [0, 0.1) is 11.8 Å². The summed E-state index contributed by atoms with van der Waals surface area (Å²) in [5.74, 6) is -5.76. The predicted molar refractivity (Wildman–Crippen MR) is 121 cm³/mol.